The van der Waals surface area contributed by atoms with Crippen LogP contribution in [0, 0.1) is 19.8 Å². The van der Waals surface area contributed by atoms with Crippen molar-refractivity contribution < 1.29 is 22.5 Å². The van der Waals surface area contributed by atoms with E-state index >= 15 is 0 Å². The molecule has 0 spiro atoms. The van der Waals surface area contributed by atoms with Gasteiger partial charge in [-0.1, -0.05) is 30.3 Å². The molecule has 1 aromatic heterocycles. The van der Waals surface area contributed by atoms with Crippen LogP contribution in [-0.4, -0.2) is 60.3 Å². The predicted molar refractivity (Wildman–Crippen MR) is 124 cm³/mol. The molecule has 1 unspecified atom stereocenters. The van der Waals surface area contributed by atoms with E-state index in [1.165, 1.54) is 4.31 Å². The number of rotatable bonds is 8. The second-order valence-electron chi connectivity index (χ2n) is 8.39. The third-order valence-electron chi connectivity index (χ3n) is 6.00. The summed E-state index contributed by atoms with van der Waals surface area (Å²) in [6.45, 7) is 7.78. The van der Waals surface area contributed by atoms with E-state index in [1.807, 2.05) is 25.1 Å². The van der Waals surface area contributed by atoms with Gasteiger partial charge >= 0.3 is 0 Å². The van der Waals surface area contributed by atoms with E-state index in [2.05, 4.69) is 10.5 Å². The molecule has 9 nitrogen and oxygen atoms in total. The minimum absolute atomic E-state index is 0.103. The molecule has 1 aromatic carbocycles. The lowest BCUT2D eigenvalue weighted by atomic mass is 9.95. The number of nitrogens with zero attached hydrogens (tertiary/aromatic N) is 3. The van der Waals surface area contributed by atoms with E-state index in [0.717, 1.165) is 0 Å². The Balaban J connectivity index is 1.66. The monoisotopic (exact) mass is 476 g/mol. The summed E-state index contributed by atoms with van der Waals surface area (Å²) in [4.78, 5) is 27.8. The molecule has 2 amide bonds. The van der Waals surface area contributed by atoms with Crippen LogP contribution in [0.15, 0.2) is 39.8 Å². The van der Waals surface area contributed by atoms with E-state index in [4.69, 9.17) is 4.52 Å². The molecule has 0 aliphatic carbocycles. The number of aryl methyl sites for hydroxylation is 2. The highest BCUT2D eigenvalue weighted by atomic mass is 32.2. The molecule has 180 valence electrons. The van der Waals surface area contributed by atoms with Gasteiger partial charge in [-0.25, -0.2) is 8.42 Å². The van der Waals surface area contributed by atoms with Crippen LogP contribution >= 0.6 is 0 Å². The number of anilines is 1. The lowest BCUT2D eigenvalue weighted by Gasteiger charge is -2.35. The highest BCUT2D eigenvalue weighted by molar-refractivity contribution is 7.89. The number of piperidine rings is 1. The summed E-state index contributed by atoms with van der Waals surface area (Å²) in [5.41, 5.74) is 1.01. The van der Waals surface area contributed by atoms with Crippen LogP contribution in [0.1, 0.15) is 44.6 Å². The molecule has 33 heavy (non-hydrogen) atoms. The van der Waals surface area contributed by atoms with Crippen molar-refractivity contribution in [3.05, 3.63) is 41.8 Å². The summed E-state index contributed by atoms with van der Waals surface area (Å²) in [6.07, 6.45) is 1.51. The van der Waals surface area contributed by atoms with E-state index in [9.17, 15) is 18.0 Å². The fraction of sp³-hybridized carbons (Fsp3) is 0.522. The molecule has 1 aliphatic rings. The topological polar surface area (TPSA) is 113 Å². The minimum atomic E-state index is -3.74. The zero-order valence-electron chi connectivity index (χ0n) is 19.6. The molecule has 0 bridgehead atoms. The predicted octanol–water partition coefficient (Wildman–Crippen LogP) is 2.96. The Morgan fingerprint density at radius 1 is 1.21 bits per heavy atom. The summed E-state index contributed by atoms with van der Waals surface area (Å²) >= 11 is 0. The number of carbonyl (C=O) groups excluding carboxylic acids is 2. The van der Waals surface area contributed by atoms with Crippen molar-refractivity contribution in [2.45, 2.75) is 57.9 Å². The van der Waals surface area contributed by atoms with Crippen molar-refractivity contribution in [1.29, 1.82) is 0 Å². The SMILES string of the molecule is CCCN(C(=O)C1CCN(S(=O)(=O)c2c(C)noc2C)CC1)C(C)C(=O)Nc1ccccc1. The van der Waals surface area contributed by atoms with E-state index in [-0.39, 0.29) is 41.5 Å². The molecule has 3 rings (SSSR count). The zero-order chi connectivity index (χ0) is 24.2. The van der Waals surface area contributed by atoms with Gasteiger partial charge in [0, 0.05) is 31.2 Å². The lowest BCUT2D eigenvalue weighted by molar-refractivity contribution is -0.142. The van der Waals surface area contributed by atoms with E-state index < -0.39 is 16.1 Å². The largest absolute Gasteiger partial charge is 0.360 e. The highest BCUT2D eigenvalue weighted by Gasteiger charge is 2.37. The first kappa shape index (κ1) is 24.9. The fourth-order valence-electron chi connectivity index (χ4n) is 4.19. The van der Waals surface area contributed by atoms with Gasteiger partial charge < -0.3 is 14.7 Å². The molecule has 0 radical (unpaired) electrons. The van der Waals surface area contributed by atoms with Gasteiger partial charge in [0.25, 0.3) is 0 Å². The Morgan fingerprint density at radius 2 is 1.85 bits per heavy atom. The number of amides is 2. The maximum absolute atomic E-state index is 13.3. The molecule has 10 heteroatoms. The standard InChI is InChI=1S/C23H32N4O5S/c1-5-13-27(17(3)22(28)24-20-9-7-6-8-10-20)23(29)19-11-14-26(15-12-19)33(30,31)21-16(2)25-32-18(21)4/h6-10,17,19H,5,11-15H2,1-4H3,(H,24,28). The normalized spacial score (nSPS) is 16.4. The van der Waals surface area contributed by atoms with Crippen LogP contribution in [0.5, 0.6) is 0 Å². The maximum Gasteiger partial charge on any atom is 0.248 e. The second kappa shape index (κ2) is 10.5. The van der Waals surface area contributed by atoms with Crippen LogP contribution < -0.4 is 5.32 Å². The second-order valence-corrected chi connectivity index (χ2v) is 10.3. The fourth-order valence-corrected chi connectivity index (χ4v) is 5.96. The van der Waals surface area contributed by atoms with Crippen molar-refractivity contribution in [1.82, 2.24) is 14.4 Å². The van der Waals surface area contributed by atoms with Crippen LogP contribution in [0.3, 0.4) is 0 Å². The van der Waals surface area contributed by atoms with Gasteiger partial charge in [0.15, 0.2) is 5.76 Å². The first-order valence-corrected chi connectivity index (χ1v) is 12.7. The molecule has 1 aliphatic heterocycles. The Kier molecular flexibility index (Phi) is 7.91. The van der Waals surface area contributed by atoms with E-state index in [1.54, 1.807) is 37.8 Å². The van der Waals surface area contributed by atoms with Crippen molar-refractivity contribution in [3.63, 3.8) is 0 Å². The Bertz CT molecular complexity index is 1060. The van der Waals surface area contributed by atoms with Crippen LogP contribution in [-0.2, 0) is 19.6 Å². The summed E-state index contributed by atoms with van der Waals surface area (Å²) in [5, 5.41) is 6.61. The summed E-state index contributed by atoms with van der Waals surface area (Å²) < 4.78 is 32.5. The number of carbonyl (C=O) groups is 2. The molecule has 2 heterocycles. The quantitative estimate of drug-likeness (QED) is 0.627. The Labute approximate surface area is 195 Å². The molecule has 1 fully saturated rings. The molecule has 1 saturated heterocycles. The summed E-state index contributed by atoms with van der Waals surface area (Å²) in [5.74, 6) is -0.430. The molecule has 2 aromatic rings. The highest BCUT2D eigenvalue weighted by Crippen LogP contribution is 2.29. The van der Waals surface area contributed by atoms with Crippen molar-refractivity contribution >= 4 is 27.5 Å². The van der Waals surface area contributed by atoms with Gasteiger partial charge in [-0.3, -0.25) is 9.59 Å². The number of hydrogen-bond donors (Lipinski definition) is 1. The van der Waals surface area contributed by atoms with Crippen LogP contribution in [0.4, 0.5) is 5.69 Å². The van der Waals surface area contributed by atoms with Gasteiger partial charge in [-0.2, -0.15) is 4.31 Å². The Morgan fingerprint density at radius 3 is 2.39 bits per heavy atom. The Hall–Kier alpha value is -2.72. The number of hydrogen-bond acceptors (Lipinski definition) is 6. The molecule has 0 saturated carbocycles. The molecular weight excluding hydrogens is 444 g/mol. The number of sulfonamides is 1. The first-order chi connectivity index (χ1) is 15.7. The van der Waals surface area contributed by atoms with Gasteiger partial charge in [0.2, 0.25) is 21.8 Å². The van der Waals surface area contributed by atoms with Crippen molar-refractivity contribution in [3.8, 4) is 0 Å². The average Bonchev–Trinajstić information content (AvgIpc) is 3.16. The van der Waals surface area contributed by atoms with Crippen LogP contribution in [0.2, 0.25) is 0 Å². The van der Waals surface area contributed by atoms with Gasteiger partial charge in [0.05, 0.1) is 0 Å². The molecule has 1 atom stereocenters. The minimum Gasteiger partial charge on any atom is -0.360 e. The summed E-state index contributed by atoms with van der Waals surface area (Å²) in [7, 11) is -3.74. The molecular formula is C23H32N4O5S. The number of benzene rings is 1. The van der Waals surface area contributed by atoms with Gasteiger partial charge in [0.1, 0.15) is 16.6 Å². The van der Waals surface area contributed by atoms with E-state index in [0.29, 0.717) is 37.2 Å². The number of para-hydroxylation sites is 1. The van der Waals surface area contributed by atoms with Gasteiger partial charge in [-0.05, 0) is 52.2 Å². The smallest absolute Gasteiger partial charge is 0.248 e. The van der Waals surface area contributed by atoms with Crippen molar-refractivity contribution in [2.24, 2.45) is 5.92 Å². The maximum atomic E-state index is 13.3. The number of nitrogens with one attached hydrogen (secondary N) is 1. The lowest BCUT2D eigenvalue weighted by Crippen LogP contribution is -2.50. The number of aromatic nitrogens is 1. The zero-order valence-corrected chi connectivity index (χ0v) is 20.4. The average molecular weight is 477 g/mol. The third-order valence-corrected chi connectivity index (χ3v) is 8.15. The van der Waals surface area contributed by atoms with Gasteiger partial charge in [-0.15, -0.1) is 0 Å². The van der Waals surface area contributed by atoms with Crippen molar-refractivity contribution in [2.75, 3.05) is 25.0 Å². The van der Waals surface area contributed by atoms with Crippen LogP contribution in [0.25, 0.3) is 0 Å². The summed E-state index contributed by atoms with van der Waals surface area (Å²) in [6, 6.07) is 8.49. The third kappa shape index (κ3) is 5.44. The first-order valence-electron chi connectivity index (χ1n) is 11.3. The molecule has 1 N–H and O–H groups in total.